The predicted octanol–water partition coefficient (Wildman–Crippen LogP) is 3.12. The van der Waals surface area contributed by atoms with E-state index in [4.69, 9.17) is 10.8 Å². The summed E-state index contributed by atoms with van der Waals surface area (Å²) in [6, 6.07) is -0.743. The lowest BCUT2D eigenvalue weighted by molar-refractivity contribution is -0.0121. The standard InChI is InChI=1S/C18H39NO3/c1-2-3-4-5-6-7-8-9-10-11-12-13-14-17(21)18(22)16(19)15-20/h16-18,20-22H,2-15,19H2,1H3/t16-,17-,18-/m1/s1. The molecule has 22 heavy (non-hydrogen) atoms. The Bertz CT molecular complexity index is 226. The molecule has 134 valence electrons. The second-order valence-corrected chi connectivity index (χ2v) is 6.58. The van der Waals surface area contributed by atoms with Crippen LogP contribution < -0.4 is 5.73 Å². The van der Waals surface area contributed by atoms with Crippen molar-refractivity contribution >= 4 is 0 Å². The molecule has 4 heteroatoms. The van der Waals surface area contributed by atoms with E-state index in [2.05, 4.69) is 6.92 Å². The molecule has 0 rings (SSSR count). The van der Waals surface area contributed by atoms with Crippen LogP contribution in [0.1, 0.15) is 90.4 Å². The van der Waals surface area contributed by atoms with E-state index in [1.807, 2.05) is 0 Å². The van der Waals surface area contributed by atoms with Crippen molar-refractivity contribution in [2.24, 2.45) is 5.73 Å². The summed E-state index contributed by atoms with van der Waals surface area (Å²) in [5, 5.41) is 28.2. The van der Waals surface area contributed by atoms with Crippen molar-refractivity contribution in [3.8, 4) is 0 Å². The largest absolute Gasteiger partial charge is 0.395 e. The second-order valence-electron chi connectivity index (χ2n) is 6.58. The average molecular weight is 318 g/mol. The summed E-state index contributed by atoms with van der Waals surface area (Å²) in [4.78, 5) is 0. The van der Waals surface area contributed by atoms with Gasteiger partial charge in [0.2, 0.25) is 0 Å². The van der Waals surface area contributed by atoms with Crippen molar-refractivity contribution in [1.29, 1.82) is 0 Å². The van der Waals surface area contributed by atoms with Gasteiger partial charge in [0, 0.05) is 0 Å². The summed E-state index contributed by atoms with van der Waals surface area (Å²) >= 11 is 0. The first-order valence-electron chi connectivity index (χ1n) is 9.36. The predicted molar refractivity (Wildman–Crippen MR) is 92.8 cm³/mol. The quantitative estimate of drug-likeness (QED) is 0.329. The highest BCUT2D eigenvalue weighted by molar-refractivity contribution is 4.77. The number of hydrogen-bond acceptors (Lipinski definition) is 4. The van der Waals surface area contributed by atoms with E-state index < -0.39 is 18.2 Å². The lowest BCUT2D eigenvalue weighted by Crippen LogP contribution is -2.45. The van der Waals surface area contributed by atoms with Crippen LogP contribution in [0.25, 0.3) is 0 Å². The minimum Gasteiger partial charge on any atom is -0.395 e. The number of aliphatic hydroxyl groups is 3. The maximum absolute atomic E-state index is 9.74. The summed E-state index contributed by atoms with van der Waals surface area (Å²) in [6.45, 7) is 1.96. The number of nitrogens with two attached hydrogens (primary N) is 1. The van der Waals surface area contributed by atoms with Gasteiger partial charge < -0.3 is 21.1 Å². The first kappa shape index (κ1) is 21.8. The molecule has 0 aromatic carbocycles. The topological polar surface area (TPSA) is 86.7 Å². The number of aliphatic hydroxyl groups excluding tert-OH is 3. The average Bonchev–Trinajstić information content (AvgIpc) is 2.54. The van der Waals surface area contributed by atoms with Crippen molar-refractivity contribution in [3.05, 3.63) is 0 Å². The van der Waals surface area contributed by atoms with Crippen molar-refractivity contribution < 1.29 is 15.3 Å². The summed E-state index contributed by atoms with van der Waals surface area (Å²) in [5.41, 5.74) is 5.49. The molecule has 4 nitrogen and oxygen atoms in total. The molecule has 0 unspecified atom stereocenters. The summed E-state index contributed by atoms with van der Waals surface area (Å²) < 4.78 is 0. The molecule has 5 N–H and O–H groups in total. The Hall–Kier alpha value is -0.160. The Morgan fingerprint density at radius 3 is 1.55 bits per heavy atom. The van der Waals surface area contributed by atoms with Crippen LogP contribution in [0, 0.1) is 0 Å². The third-order valence-corrected chi connectivity index (χ3v) is 4.40. The van der Waals surface area contributed by atoms with Crippen molar-refractivity contribution in [3.63, 3.8) is 0 Å². The fraction of sp³-hybridized carbons (Fsp3) is 1.00. The molecule has 0 amide bonds. The Morgan fingerprint density at radius 1 is 0.727 bits per heavy atom. The Morgan fingerprint density at radius 2 is 1.14 bits per heavy atom. The molecule has 0 aromatic heterocycles. The first-order valence-corrected chi connectivity index (χ1v) is 9.36. The van der Waals surface area contributed by atoms with Crippen molar-refractivity contribution in [2.45, 2.75) is 109 Å². The Balaban J connectivity index is 3.26. The van der Waals surface area contributed by atoms with Crippen LogP contribution >= 0.6 is 0 Å². The van der Waals surface area contributed by atoms with Crippen LogP contribution in [0.3, 0.4) is 0 Å². The molecule has 0 saturated carbocycles. The molecule has 0 fully saturated rings. The lowest BCUT2D eigenvalue weighted by Gasteiger charge is -2.22. The van der Waals surface area contributed by atoms with Gasteiger partial charge in [-0.3, -0.25) is 0 Å². The zero-order valence-corrected chi connectivity index (χ0v) is 14.6. The lowest BCUT2D eigenvalue weighted by atomic mass is 10.00. The summed E-state index contributed by atoms with van der Waals surface area (Å²) in [5.74, 6) is 0. The van der Waals surface area contributed by atoms with E-state index in [1.54, 1.807) is 0 Å². The fourth-order valence-corrected chi connectivity index (χ4v) is 2.76. The third kappa shape index (κ3) is 12.4. The highest BCUT2D eigenvalue weighted by Crippen LogP contribution is 2.14. The van der Waals surface area contributed by atoms with Crippen LogP contribution in [0.5, 0.6) is 0 Å². The molecule has 0 bridgehead atoms. The van der Waals surface area contributed by atoms with Crippen LogP contribution in [-0.2, 0) is 0 Å². The molecular formula is C18H39NO3. The molecule has 0 radical (unpaired) electrons. The minimum atomic E-state index is -1.02. The smallest absolute Gasteiger partial charge is 0.0971 e. The molecule has 3 atom stereocenters. The number of unbranched alkanes of at least 4 members (excludes halogenated alkanes) is 11. The van der Waals surface area contributed by atoms with Crippen molar-refractivity contribution in [2.75, 3.05) is 6.61 Å². The van der Waals surface area contributed by atoms with E-state index in [9.17, 15) is 10.2 Å². The molecule has 0 spiro atoms. The normalized spacial score (nSPS) is 15.7. The molecule has 0 heterocycles. The molecule has 0 aliphatic rings. The SMILES string of the molecule is CCCCCCCCCCCCCC[C@@H](O)[C@H](O)[C@H](N)CO. The maximum atomic E-state index is 9.74. The van der Waals surface area contributed by atoms with Gasteiger partial charge in [0.15, 0.2) is 0 Å². The van der Waals surface area contributed by atoms with Crippen LogP contribution in [0.4, 0.5) is 0 Å². The highest BCUT2D eigenvalue weighted by atomic mass is 16.3. The third-order valence-electron chi connectivity index (χ3n) is 4.40. The van der Waals surface area contributed by atoms with Crippen LogP contribution in [-0.4, -0.2) is 40.2 Å². The van der Waals surface area contributed by atoms with E-state index in [1.165, 1.54) is 64.2 Å². The zero-order valence-electron chi connectivity index (χ0n) is 14.6. The molecular weight excluding hydrogens is 278 g/mol. The van der Waals surface area contributed by atoms with E-state index in [0.29, 0.717) is 6.42 Å². The van der Waals surface area contributed by atoms with Crippen LogP contribution in [0.2, 0.25) is 0 Å². The summed E-state index contributed by atoms with van der Waals surface area (Å²) in [7, 11) is 0. The zero-order chi connectivity index (χ0) is 16.6. The second kappa shape index (κ2) is 15.7. The van der Waals surface area contributed by atoms with Gasteiger partial charge in [-0.05, 0) is 6.42 Å². The molecule has 0 aromatic rings. The van der Waals surface area contributed by atoms with E-state index >= 15 is 0 Å². The maximum Gasteiger partial charge on any atom is 0.0971 e. The first-order chi connectivity index (χ1) is 10.6. The van der Waals surface area contributed by atoms with Gasteiger partial charge in [-0.25, -0.2) is 0 Å². The van der Waals surface area contributed by atoms with Gasteiger partial charge in [-0.2, -0.15) is 0 Å². The monoisotopic (exact) mass is 317 g/mol. The van der Waals surface area contributed by atoms with E-state index in [0.717, 1.165) is 12.8 Å². The van der Waals surface area contributed by atoms with Gasteiger partial charge in [0.25, 0.3) is 0 Å². The fourth-order valence-electron chi connectivity index (χ4n) is 2.76. The van der Waals surface area contributed by atoms with Crippen LogP contribution in [0.15, 0.2) is 0 Å². The number of hydrogen-bond donors (Lipinski definition) is 4. The number of rotatable bonds is 16. The Labute approximate surface area is 137 Å². The van der Waals surface area contributed by atoms with E-state index in [-0.39, 0.29) is 6.61 Å². The highest BCUT2D eigenvalue weighted by Gasteiger charge is 2.22. The van der Waals surface area contributed by atoms with Gasteiger partial charge in [-0.15, -0.1) is 0 Å². The molecule has 0 saturated heterocycles. The van der Waals surface area contributed by atoms with Gasteiger partial charge in [0.05, 0.1) is 24.9 Å². The minimum absolute atomic E-state index is 0.295. The molecule has 0 aliphatic heterocycles. The van der Waals surface area contributed by atoms with Gasteiger partial charge >= 0.3 is 0 Å². The van der Waals surface area contributed by atoms with Crippen molar-refractivity contribution in [1.82, 2.24) is 0 Å². The molecule has 0 aliphatic carbocycles. The van der Waals surface area contributed by atoms with Gasteiger partial charge in [-0.1, -0.05) is 84.0 Å². The summed E-state index contributed by atoms with van der Waals surface area (Å²) in [6.07, 6.45) is 14.1. The van der Waals surface area contributed by atoms with Gasteiger partial charge in [0.1, 0.15) is 0 Å². The Kier molecular flexibility index (Phi) is 15.6.